The van der Waals surface area contributed by atoms with Crippen LogP contribution in [0.5, 0.6) is 0 Å². The van der Waals surface area contributed by atoms with Gasteiger partial charge < -0.3 is 23.7 Å². The largest absolute Gasteiger partial charge is 0.457 e. The van der Waals surface area contributed by atoms with Gasteiger partial charge in [0.15, 0.2) is 0 Å². The zero-order valence-corrected chi connectivity index (χ0v) is 22.6. The molecule has 3 aliphatic carbocycles. The van der Waals surface area contributed by atoms with Crippen molar-refractivity contribution in [2.24, 2.45) is 11.8 Å². The van der Waals surface area contributed by atoms with Crippen molar-refractivity contribution < 1.29 is 42.9 Å². The van der Waals surface area contributed by atoms with E-state index in [2.05, 4.69) is 13.2 Å². The number of rotatable bonds is 10. The van der Waals surface area contributed by atoms with Gasteiger partial charge in [-0.05, 0) is 48.2 Å². The van der Waals surface area contributed by atoms with Gasteiger partial charge in [-0.1, -0.05) is 55.1 Å². The molecule has 0 N–H and O–H groups in total. The van der Waals surface area contributed by atoms with Gasteiger partial charge in [0.2, 0.25) is 0 Å². The van der Waals surface area contributed by atoms with Crippen LogP contribution in [0.15, 0.2) is 67.8 Å². The van der Waals surface area contributed by atoms with Gasteiger partial charge in [0.05, 0.1) is 13.2 Å². The van der Waals surface area contributed by atoms with Gasteiger partial charge >= 0.3 is 23.9 Å². The maximum atomic E-state index is 13.5. The molecular weight excluding hydrogens is 540 g/mol. The second kappa shape index (κ2) is 10.3. The summed E-state index contributed by atoms with van der Waals surface area (Å²) in [6.45, 7) is 9.89. The molecule has 2 bridgehead atoms. The minimum absolute atomic E-state index is 0.108. The van der Waals surface area contributed by atoms with Crippen LogP contribution in [-0.2, 0) is 54.1 Å². The number of hydrogen-bond donors (Lipinski definition) is 0. The Kier molecular flexibility index (Phi) is 7.16. The van der Waals surface area contributed by atoms with Crippen molar-refractivity contribution in [2.75, 3.05) is 13.2 Å². The lowest BCUT2D eigenvalue weighted by Gasteiger charge is -2.58. The molecule has 208 valence electrons. The molecule has 4 aliphatic rings. The third-order valence-electron chi connectivity index (χ3n) is 7.49. The van der Waals surface area contributed by atoms with Crippen LogP contribution in [0.25, 0.3) is 0 Å². The van der Waals surface area contributed by atoms with Crippen molar-refractivity contribution in [3.8, 4) is 0 Å². The van der Waals surface area contributed by atoms with Gasteiger partial charge in [-0.15, -0.1) is 0 Å². The Balaban J connectivity index is 1.70. The number of hydrogen-bond acceptors (Lipinski definition) is 9. The van der Waals surface area contributed by atoms with Crippen LogP contribution in [0.3, 0.4) is 0 Å². The van der Waals surface area contributed by atoms with Gasteiger partial charge in [0.1, 0.15) is 35.2 Å². The Labute approximate surface area is 235 Å². The van der Waals surface area contributed by atoms with E-state index in [0.717, 1.165) is 12.2 Å². The normalized spacial score (nSPS) is 27.0. The summed E-state index contributed by atoms with van der Waals surface area (Å²) in [7, 11) is 0. The lowest BCUT2D eigenvalue weighted by molar-refractivity contribution is -0.191. The second-order valence-electron chi connectivity index (χ2n) is 9.93. The average molecular weight is 567 g/mol. The highest BCUT2D eigenvalue weighted by Gasteiger charge is 2.75. The van der Waals surface area contributed by atoms with Gasteiger partial charge in [0, 0.05) is 17.2 Å². The molecule has 1 fully saturated rings. The fourth-order valence-electron chi connectivity index (χ4n) is 6.09. The molecule has 0 amide bonds. The van der Waals surface area contributed by atoms with Crippen LogP contribution in [0, 0.1) is 11.8 Å². The van der Waals surface area contributed by atoms with E-state index >= 15 is 0 Å². The predicted octanol–water partition coefficient (Wildman–Crippen LogP) is 3.74. The van der Waals surface area contributed by atoms with Crippen LogP contribution in [0.4, 0.5) is 0 Å². The number of ether oxygens (including phenoxy) is 5. The Morgan fingerprint density at radius 2 is 1.30 bits per heavy atom. The number of halogens is 1. The Bertz CT molecular complexity index is 1430. The summed E-state index contributed by atoms with van der Waals surface area (Å²) in [5, 5.41) is 0.371. The van der Waals surface area contributed by atoms with E-state index in [1.165, 1.54) is 0 Å². The molecular formula is C30H27ClO9. The van der Waals surface area contributed by atoms with E-state index < -0.39 is 59.1 Å². The summed E-state index contributed by atoms with van der Waals surface area (Å²) in [6, 6.07) is 12.3. The van der Waals surface area contributed by atoms with Crippen LogP contribution < -0.4 is 0 Å². The lowest BCUT2D eigenvalue weighted by Crippen LogP contribution is -2.63. The molecule has 0 aromatic heterocycles. The number of cyclic esters (lactones) is 2. The standard InChI is InChI=1S/C30H27ClO9/c1-5-23(32)38-16(3)14-36-29-19-9-7-8-10-20(19)30(22-13-18(31)11-12-21(22)29,26-25(29)27(34)40-28(26)35)37-15-17(4)39-24(33)6-2/h5-13,16-17,25-26H,1-2,14-15H2,3-4H3. The smallest absolute Gasteiger partial charge is 0.330 e. The van der Waals surface area contributed by atoms with E-state index in [0.29, 0.717) is 27.3 Å². The topological polar surface area (TPSA) is 114 Å². The summed E-state index contributed by atoms with van der Waals surface area (Å²) < 4.78 is 29.0. The summed E-state index contributed by atoms with van der Waals surface area (Å²) in [5.74, 6) is -5.06. The van der Waals surface area contributed by atoms with Crippen LogP contribution in [-0.4, -0.2) is 49.3 Å². The minimum Gasteiger partial charge on any atom is -0.457 e. The van der Waals surface area contributed by atoms with Crippen molar-refractivity contribution in [1.82, 2.24) is 0 Å². The SMILES string of the molecule is C=CC(=O)OC(C)COC12c3ccccc3C(OCC(C)OC(=O)C=C)(c3cc(Cl)ccc31)C1C(=O)OC(=O)C12. The summed E-state index contributed by atoms with van der Waals surface area (Å²) >= 11 is 6.48. The molecule has 0 spiro atoms. The monoisotopic (exact) mass is 566 g/mol. The molecule has 6 unspecified atom stereocenters. The van der Waals surface area contributed by atoms with Crippen molar-refractivity contribution >= 4 is 35.5 Å². The van der Waals surface area contributed by atoms with Crippen molar-refractivity contribution in [3.05, 3.63) is 95.1 Å². The maximum Gasteiger partial charge on any atom is 0.330 e. The van der Waals surface area contributed by atoms with Crippen molar-refractivity contribution in [1.29, 1.82) is 0 Å². The van der Waals surface area contributed by atoms with Crippen molar-refractivity contribution in [2.45, 2.75) is 37.3 Å². The number of esters is 4. The number of benzene rings is 2. The average Bonchev–Trinajstić information content (AvgIpc) is 3.25. The second-order valence-corrected chi connectivity index (χ2v) is 10.4. The van der Waals surface area contributed by atoms with E-state index in [4.69, 9.17) is 35.3 Å². The molecule has 6 rings (SSSR count). The van der Waals surface area contributed by atoms with E-state index in [-0.39, 0.29) is 13.2 Å². The highest BCUT2D eigenvalue weighted by atomic mass is 35.5. The molecule has 2 aromatic rings. The molecule has 6 atom stereocenters. The molecule has 40 heavy (non-hydrogen) atoms. The third kappa shape index (κ3) is 4.08. The van der Waals surface area contributed by atoms with E-state index in [9.17, 15) is 19.2 Å². The van der Waals surface area contributed by atoms with Gasteiger partial charge in [-0.25, -0.2) is 9.59 Å². The van der Waals surface area contributed by atoms with E-state index in [1.54, 1.807) is 56.3 Å². The minimum atomic E-state index is -1.51. The van der Waals surface area contributed by atoms with Crippen LogP contribution >= 0.6 is 11.6 Å². The van der Waals surface area contributed by atoms with Gasteiger partial charge in [-0.3, -0.25) is 9.59 Å². The first-order valence-electron chi connectivity index (χ1n) is 12.7. The molecule has 10 heteroatoms. The zero-order chi connectivity index (χ0) is 28.8. The molecule has 1 saturated heterocycles. The van der Waals surface area contributed by atoms with Crippen LogP contribution in [0.2, 0.25) is 5.02 Å². The van der Waals surface area contributed by atoms with E-state index in [1.807, 2.05) is 0 Å². The molecule has 0 saturated carbocycles. The first-order valence-corrected chi connectivity index (χ1v) is 13.1. The number of carbonyl (C=O) groups excluding carboxylic acids is 4. The Morgan fingerprint density at radius 1 is 0.850 bits per heavy atom. The summed E-state index contributed by atoms with van der Waals surface area (Å²) in [6.07, 6.45) is 0.665. The predicted molar refractivity (Wildman–Crippen MR) is 141 cm³/mol. The van der Waals surface area contributed by atoms with Gasteiger partial charge in [0.25, 0.3) is 0 Å². The fourth-order valence-corrected chi connectivity index (χ4v) is 6.26. The Hall–Kier alpha value is -3.79. The summed E-state index contributed by atoms with van der Waals surface area (Å²) in [4.78, 5) is 50.5. The zero-order valence-electron chi connectivity index (χ0n) is 21.9. The highest BCUT2D eigenvalue weighted by molar-refractivity contribution is 6.30. The molecule has 0 radical (unpaired) electrons. The van der Waals surface area contributed by atoms with Crippen molar-refractivity contribution in [3.63, 3.8) is 0 Å². The quantitative estimate of drug-likeness (QED) is 0.184. The maximum absolute atomic E-state index is 13.5. The highest BCUT2D eigenvalue weighted by Crippen LogP contribution is 2.67. The van der Waals surface area contributed by atoms with Crippen LogP contribution in [0.1, 0.15) is 36.1 Å². The fraction of sp³-hybridized carbons (Fsp3) is 0.333. The first-order chi connectivity index (χ1) is 19.1. The first kappa shape index (κ1) is 27.8. The van der Waals surface area contributed by atoms with Gasteiger partial charge in [-0.2, -0.15) is 0 Å². The number of carbonyl (C=O) groups is 4. The third-order valence-corrected chi connectivity index (χ3v) is 7.72. The molecule has 1 aliphatic heterocycles. The lowest BCUT2D eigenvalue weighted by atomic mass is 9.50. The molecule has 2 aromatic carbocycles. The molecule has 9 nitrogen and oxygen atoms in total. The summed E-state index contributed by atoms with van der Waals surface area (Å²) in [5.41, 5.74) is -0.742. The Morgan fingerprint density at radius 3 is 1.77 bits per heavy atom. The molecule has 1 heterocycles.